The van der Waals surface area contributed by atoms with Crippen LogP contribution < -0.4 is 4.90 Å². The van der Waals surface area contributed by atoms with E-state index in [1.54, 1.807) is 33.8 Å². The van der Waals surface area contributed by atoms with Gasteiger partial charge in [0.2, 0.25) is 11.9 Å². The fourth-order valence-electron chi connectivity index (χ4n) is 6.18. The Bertz CT molecular complexity index is 1270. The van der Waals surface area contributed by atoms with Gasteiger partial charge in [-0.15, -0.1) is 0 Å². The number of rotatable bonds is 7. The first kappa shape index (κ1) is 29.3. The van der Waals surface area contributed by atoms with Gasteiger partial charge in [0.15, 0.2) is 0 Å². The van der Waals surface area contributed by atoms with Crippen molar-refractivity contribution in [3.8, 4) is 0 Å². The summed E-state index contributed by atoms with van der Waals surface area (Å²) < 4.78 is 19.9. The number of carbonyl (C=O) groups is 3. The molecular formula is C30H37ClFN5O4. The van der Waals surface area contributed by atoms with Crippen LogP contribution in [-0.2, 0) is 9.53 Å². The van der Waals surface area contributed by atoms with Crippen molar-refractivity contribution in [2.45, 2.75) is 39.2 Å². The highest BCUT2D eigenvalue weighted by Crippen LogP contribution is 2.32. The van der Waals surface area contributed by atoms with Crippen molar-refractivity contribution in [3.63, 3.8) is 0 Å². The van der Waals surface area contributed by atoms with Crippen molar-refractivity contribution < 1.29 is 23.5 Å². The second kappa shape index (κ2) is 12.7. The van der Waals surface area contributed by atoms with E-state index in [1.807, 2.05) is 19.1 Å². The fraction of sp³-hybridized carbons (Fsp3) is 0.533. The van der Waals surface area contributed by atoms with E-state index in [0.717, 1.165) is 31.6 Å². The molecule has 0 saturated carbocycles. The summed E-state index contributed by atoms with van der Waals surface area (Å²) in [7, 11) is 0. The van der Waals surface area contributed by atoms with Gasteiger partial charge in [-0.25, -0.2) is 9.78 Å². The number of likely N-dealkylation sites (tertiary alicyclic amines) is 3. The van der Waals surface area contributed by atoms with Gasteiger partial charge < -0.3 is 19.4 Å². The predicted octanol–water partition coefficient (Wildman–Crippen LogP) is 4.23. The van der Waals surface area contributed by atoms with E-state index in [4.69, 9.17) is 16.3 Å². The van der Waals surface area contributed by atoms with E-state index in [2.05, 4.69) is 9.88 Å². The van der Waals surface area contributed by atoms with Crippen LogP contribution in [0.15, 0.2) is 36.5 Å². The summed E-state index contributed by atoms with van der Waals surface area (Å²) in [5.74, 6) is -0.295. The fourth-order valence-corrected chi connectivity index (χ4v) is 6.35. The zero-order valence-electron chi connectivity index (χ0n) is 23.6. The molecule has 11 heteroatoms. The molecule has 3 aliphatic rings. The first-order chi connectivity index (χ1) is 19.7. The van der Waals surface area contributed by atoms with E-state index in [0.29, 0.717) is 68.1 Å². The highest BCUT2D eigenvalue weighted by molar-refractivity contribution is 6.31. The second-order valence-electron chi connectivity index (χ2n) is 11.4. The SMILES string of the molecule is CC(=O)N1CCC(OC(=O)N(CCCN2CC3CN(C(=O)c4cccnc4F)CC3C2)c2ccc(C)c(Cl)c2)CC1. The Labute approximate surface area is 245 Å². The highest BCUT2D eigenvalue weighted by atomic mass is 35.5. The minimum absolute atomic E-state index is 0.0249. The third-order valence-corrected chi connectivity index (χ3v) is 8.94. The molecule has 2 aromatic rings. The molecule has 0 radical (unpaired) electrons. The van der Waals surface area contributed by atoms with Crippen molar-refractivity contribution in [1.82, 2.24) is 19.7 Å². The van der Waals surface area contributed by atoms with Crippen LogP contribution in [0, 0.1) is 24.7 Å². The van der Waals surface area contributed by atoms with Gasteiger partial charge in [-0.1, -0.05) is 17.7 Å². The van der Waals surface area contributed by atoms with Crippen molar-refractivity contribution >= 4 is 35.2 Å². The summed E-state index contributed by atoms with van der Waals surface area (Å²) in [5.41, 5.74) is 1.65. The van der Waals surface area contributed by atoms with Crippen LogP contribution >= 0.6 is 11.6 Å². The van der Waals surface area contributed by atoms with E-state index < -0.39 is 12.0 Å². The van der Waals surface area contributed by atoms with Gasteiger partial charge in [0, 0.05) is 82.5 Å². The monoisotopic (exact) mass is 585 g/mol. The van der Waals surface area contributed by atoms with Gasteiger partial charge in [-0.2, -0.15) is 4.39 Å². The number of benzene rings is 1. The van der Waals surface area contributed by atoms with Gasteiger partial charge >= 0.3 is 6.09 Å². The number of aryl methyl sites for hydroxylation is 1. The minimum Gasteiger partial charge on any atom is -0.446 e. The van der Waals surface area contributed by atoms with E-state index in [-0.39, 0.29) is 23.5 Å². The molecule has 1 aromatic heterocycles. The Morgan fingerprint density at radius 3 is 2.41 bits per heavy atom. The van der Waals surface area contributed by atoms with Gasteiger partial charge in [-0.3, -0.25) is 14.5 Å². The van der Waals surface area contributed by atoms with Gasteiger partial charge in [-0.05, 0) is 61.6 Å². The molecule has 9 nitrogen and oxygen atoms in total. The topological polar surface area (TPSA) is 86.3 Å². The van der Waals surface area contributed by atoms with E-state index in [1.165, 1.54) is 12.3 Å². The third kappa shape index (κ3) is 6.81. The molecule has 41 heavy (non-hydrogen) atoms. The summed E-state index contributed by atoms with van der Waals surface area (Å²) >= 11 is 6.40. The lowest BCUT2D eigenvalue weighted by Crippen LogP contribution is -2.43. The standard InChI is InChI=1S/C30H37ClFN5O4/c1-20-6-7-24(15-27(20)31)37(30(40)41-25-8-13-35(14-9-25)21(2)38)12-4-11-34-16-22-18-36(19-23(22)17-34)29(39)26-5-3-10-33-28(26)32/h3,5-7,10,15,22-23,25H,4,8-9,11-14,16-19H2,1-2H3. The second-order valence-corrected chi connectivity index (χ2v) is 11.8. The zero-order chi connectivity index (χ0) is 29.1. The Kier molecular flexibility index (Phi) is 9.09. The molecule has 0 N–H and O–H groups in total. The maximum absolute atomic E-state index is 14.0. The number of fused-ring (bicyclic) bond motifs is 1. The average molecular weight is 586 g/mol. The minimum atomic E-state index is -0.726. The lowest BCUT2D eigenvalue weighted by Gasteiger charge is -2.32. The van der Waals surface area contributed by atoms with Crippen LogP contribution in [0.25, 0.3) is 0 Å². The first-order valence-corrected chi connectivity index (χ1v) is 14.7. The number of pyridine rings is 1. The van der Waals surface area contributed by atoms with Gasteiger partial charge in [0.1, 0.15) is 6.10 Å². The number of hydrogen-bond donors (Lipinski definition) is 0. The summed E-state index contributed by atoms with van der Waals surface area (Å²) in [6.45, 7) is 8.86. The highest BCUT2D eigenvalue weighted by Gasteiger charge is 2.42. The molecule has 2 unspecified atom stereocenters. The lowest BCUT2D eigenvalue weighted by atomic mass is 10.0. The van der Waals surface area contributed by atoms with Crippen LogP contribution in [0.5, 0.6) is 0 Å². The molecule has 0 bridgehead atoms. The number of aromatic nitrogens is 1. The predicted molar refractivity (Wildman–Crippen MR) is 153 cm³/mol. The molecule has 0 spiro atoms. The molecule has 1 aromatic carbocycles. The normalized spacial score (nSPS) is 21.2. The van der Waals surface area contributed by atoms with Crippen LogP contribution in [-0.4, -0.2) is 96.1 Å². The average Bonchev–Trinajstić information content (AvgIpc) is 3.52. The number of ether oxygens (including phenoxy) is 1. The molecular weight excluding hydrogens is 549 g/mol. The van der Waals surface area contributed by atoms with Crippen molar-refractivity contribution in [2.75, 3.05) is 57.3 Å². The Morgan fingerprint density at radius 2 is 1.78 bits per heavy atom. The Balaban J connectivity index is 1.14. The van der Waals surface area contributed by atoms with Crippen LogP contribution in [0.2, 0.25) is 5.02 Å². The molecule has 5 rings (SSSR count). The van der Waals surface area contributed by atoms with E-state index >= 15 is 0 Å². The summed E-state index contributed by atoms with van der Waals surface area (Å²) in [6.07, 6.45) is 2.70. The smallest absolute Gasteiger partial charge is 0.414 e. The molecule has 3 amide bonds. The number of carbonyl (C=O) groups excluding carboxylic acids is 3. The molecule has 0 aliphatic carbocycles. The van der Waals surface area contributed by atoms with E-state index in [9.17, 15) is 18.8 Å². The van der Waals surface area contributed by atoms with Crippen LogP contribution in [0.1, 0.15) is 42.1 Å². The number of anilines is 1. The maximum atomic E-state index is 14.0. The molecule has 220 valence electrons. The number of nitrogens with zero attached hydrogens (tertiary/aromatic N) is 5. The largest absolute Gasteiger partial charge is 0.446 e. The number of halogens is 2. The Morgan fingerprint density at radius 1 is 1.07 bits per heavy atom. The first-order valence-electron chi connectivity index (χ1n) is 14.3. The van der Waals surface area contributed by atoms with Crippen molar-refractivity contribution in [1.29, 1.82) is 0 Å². The number of hydrogen-bond acceptors (Lipinski definition) is 6. The molecule has 3 aliphatic heterocycles. The Hall–Kier alpha value is -3.24. The van der Waals surface area contributed by atoms with Crippen molar-refractivity contribution in [3.05, 3.63) is 58.6 Å². The third-order valence-electron chi connectivity index (χ3n) is 8.54. The summed E-state index contributed by atoms with van der Waals surface area (Å²) in [6, 6.07) is 8.65. The molecule has 3 saturated heterocycles. The number of amides is 3. The quantitative estimate of drug-likeness (QED) is 0.452. The zero-order valence-corrected chi connectivity index (χ0v) is 24.4. The lowest BCUT2D eigenvalue weighted by molar-refractivity contribution is -0.130. The molecule has 4 heterocycles. The molecule has 2 atom stereocenters. The van der Waals surface area contributed by atoms with Crippen LogP contribution in [0.3, 0.4) is 0 Å². The molecule has 3 fully saturated rings. The summed E-state index contributed by atoms with van der Waals surface area (Å²) in [4.78, 5) is 49.0. The van der Waals surface area contributed by atoms with Gasteiger partial charge in [0.05, 0.1) is 5.56 Å². The van der Waals surface area contributed by atoms with Crippen molar-refractivity contribution in [2.24, 2.45) is 11.8 Å². The van der Waals surface area contributed by atoms with Crippen LogP contribution in [0.4, 0.5) is 14.9 Å². The van der Waals surface area contributed by atoms with Gasteiger partial charge in [0.25, 0.3) is 5.91 Å². The summed E-state index contributed by atoms with van der Waals surface area (Å²) in [5, 5.41) is 0.590. The maximum Gasteiger partial charge on any atom is 0.414 e. The number of piperidine rings is 1.